The highest BCUT2D eigenvalue weighted by atomic mass is 14.9. The van der Waals surface area contributed by atoms with Crippen LogP contribution in [-0.4, -0.2) is 26.2 Å². The zero-order valence-corrected chi connectivity index (χ0v) is 13.1. The third-order valence-corrected chi connectivity index (χ3v) is 5.48. The maximum Gasteiger partial charge on any atom is 0.000517 e. The molecule has 1 saturated carbocycles. The first-order valence-corrected chi connectivity index (χ1v) is 8.60. The monoisotopic (exact) mass is 266 g/mol. The van der Waals surface area contributed by atoms with Crippen molar-refractivity contribution in [3.8, 4) is 0 Å². The van der Waals surface area contributed by atoms with Crippen molar-refractivity contribution in [3.63, 3.8) is 0 Å². The fraction of sp³-hybridized carbons (Fsp3) is 1.00. The Morgan fingerprint density at radius 1 is 1.00 bits per heavy atom. The summed E-state index contributed by atoms with van der Waals surface area (Å²) >= 11 is 0. The molecule has 2 rings (SSSR count). The average molecular weight is 266 g/mol. The van der Waals surface area contributed by atoms with Gasteiger partial charge in [0.1, 0.15) is 0 Å². The van der Waals surface area contributed by atoms with E-state index in [0.717, 1.165) is 11.8 Å². The van der Waals surface area contributed by atoms with Crippen molar-refractivity contribution in [1.29, 1.82) is 0 Å². The van der Waals surface area contributed by atoms with Crippen LogP contribution in [0, 0.1) is 17.3 Å². The van der Waals surface area contributed by atoms with Gasteiger partial charge in [-0.2, -0.15) is 0 Å². The van der Waals surface area contributed by atoms with Gasteiger partial charge in [-0.25, -0.2) is 0 Å². The van der Waals surface area contributed by atoms with E-state index in [1.165, 1.54) is 77.5 Å². The maximum absolute atomic E-state index is 3.75. The summed E-state index contributed by atoms with van der Waals surface area (Å²) in [4.78, 5) is 0. The van der Waals surface area contributed by atoms with Crippen LogP contribution in [0.4, 0.5) is 0 Å². The Morgan fingerprint density at radius 3 is 2.37 bits per heavy atom. The summed E-state index contributed by atoms with van der Waals surface area (Å²) in [6, 6.07) is 0. The highest BCUT2D eigenvalue weighted by Gasteiger charge is 2.30. The van der Waals surface area contributed by atoms with Gasteiger partial charge in [0.15, 0.2) is 0 Å². The fourth-order valence-electron chi connectivity index (χ4n) is 3.92. The van der Waals surface area contributed by atoms with Crippen molar-refractivity contribution in [2.75, 3.05) is 26.2 Å². The predicted octanol–water partition coefficient (Wildman–Crippen LogP) is 3.57. The highest BCUT2D eigenvalue weighted by molar-refractivity contribution is 4.83. The first-order valence-electron chi connectivity index (χ1n) is 8.60. The van der Waals surface area contributed by atoms with Crippen LogP contribution in [0.1, 0.15) is 65.2 Å². The quantitative estimate of drug-likeness (QED) is 0.718. The molecule has 0 aromatic rings. The van der Waals surface area contributed by atoms with Gasteiger partial charge in [0.05, 0.1) is 0 Å². The zero-order chi connectivity index (χ0) is 13.6. The summed E-state index contributed by atoms with van der Waals surface area (Å²) < 4.78 is 0. The molecule has 0 spiro atoms. The van der Waals surface area contributed by atoms with E-state index in [-0.39, 0.29) is 0 Å². The van der Waals surface area contributed by atoms with Crippen molar-refractivity contribution in [3.05, 3.63) is 0 Å². The lowest BCUT2D eigenvalue weighted by Crippen LogP contribution is -2.38. The lowest BCUT2D eigenvalue weighted by molar-refractivity contribution is 0.153. The number of hydrogen-bond acceptors (Lipinski definition) is 2. The second-order valence-corrected chi connectivity index (χ2v) is 7.48. The van der Waals surface area contributed by atoms with Crippen molar-refractivity contribution in [1.82, 2.24) is 10.6 Å². The minimum absolute atomic E-state index is 0.495. The molecule has 0 bridgehead atoms. The molecular formula is C17H34N2. The topological polar surface area (TPSA) is 24.1 Å². The molecule has 0 aromatic heterocycles. The van der Waals surface area contributed by atoms with E-state index in [2.05, 4.69) is 24.5 Å². The van der Waals surface area contributed by atoms with Crippen molar-refractivity contribution in [2.45, 2.75) is 65.2 Å². The first kappa shape index (κ1) is 15.3. The Kier molecular flexibility index (Phi) is 6.15. The molecule has 1 saturated heterocycles. The molecule has 1 aliphatic carbocycles. The molecule has 2 heteroatoms. The van der Waals surface area contributed by atoms with Crippen molar-refractivity contribution < 1.29 is 0 Å². The lowest BCUT2D eigenvalue weighted by Gasteiger charge is -2.37. The number of piperidine rings is 1. The van der Waals surface area contributed by atoms with Crippen molar-refractivity contribution in [2.24, 2.45) is 17.3 Å². The number of rotatable bonds is 6. The van der Waals surface area contributed by atoms with Crippen LogP contribution in [0.15, 0.2) is 0 Å². The van der Waals surface area contributed by atoms with Crippen LogP contribution in [-0.2, 0) is 0 Å². The largest absolute Gasteiger partial charge is 0.317 e. The summed E-state index contributed by atoms with van der Waals surface area (Å²) in [5, 5.41) is 7.20. The normalized spacial score (nSPS) is 23.7. The van der Waals surface area contributed by atoms with Gasteiger partial charge in [0.25, 0.3) is 0 Å². The van der Waals surface area contributed by atoms with E-state index in [0.29, 0.717) is 5.41 Å². The van der Waals surface area contributed by atoms with Crippen LogP contribution < -0.4 is 10.6 Å². The zero-order valence-electron chi connectivity index (χ0n) is 13.1. The van der Waals surface area contributed by atoms with Gasteiger partial charge >= 0.3 is 0 Å². The van der Waals surface area contributed by atoms with Crippen LogP contribution in [0.5, 0.6) is 0 Å². The van der Waals surface area contributed by atoms with E-state index in [1.807, 2.05) is 0 Å². The summed E-state index contributed by atoms with van der Waals surface area (Å²) in [5.41, 5.74) is 0.495. The summed E-state index contributed by atoms with van der Waals surface area (Å²) in [6.07, 6.45) is 11.5. The Balaban J connectivity index is 1.60. The molecule has 19 heavy (non-hydrogen) atoms. The van der Waals surface area contributed by atoms with Crippen LogP contribution in [0.25, 0.3) is 0 Å². The molecule has 2 aliphatic rings. The van der Waals surface area contributed by atoms with Crippen LogP contribution in [0.2, 0.25) is 0 Å². The van der Waals surface area contributed by atoms with Gasteiger partial charge in [-0.1, -0.05) is 33.1 Å². The smallest absolute Gasteiger partial charge is 0.000517 e. The first-order chi connectivity index (χ1) is 9.18. The predicted molar refractivity (Wildman–Crippen MR) is 83.4 cm³/mol. The molecule has 0 amide bonds. The maximum atomic E-state index is 3.75. The van der Waals surface area contributed by atoms with Gasteiger partial charge in [0.2, 0.25) is 0 Å². The number of nitrogens with one attached hydrogen (secondary N) is 2. The second kappa shape index (κ2) is 7.64. The minimum Gasteiger partial charge on any atom is -0.317 e. The van der Waals surface area contributed by atoms with E-state index >= 15 is 0 Å². The van der Waals surface area contributed by atoms with Gasteiger partial charge in [-0.3, -0.25) is 0 Å². The van der Waals surface area contributed by atoms with E-state index in [9.17, 15) is 0 Å². The Morgan fingerprint density at radius 2 is 1.68 bits per heavy atom. The minimum atomic E-state index is 0.495. The number of hydrogen-bond donors (Lipinski definition) is 2. The molecule has 0 radical (unpaired) electrons. The Labute approximate surface area is 120 Å². The molecule has 1 aliphatic heterocycles. The molecule has 0 unspecified atom stereocenters. The van der Waals surface area contributed by atoms with E-state index < -0.39 is 0 Å². The summed E-state index contributed by atoms with van der Waals surface area (Å²) in [5.74, 6) is 1.92. The third kappa shape index (κ3) is 5.07. The summed E-state index contributed by atoms with van der Waals surface area (Å²) in [6.45, 7) is 9.85. The Bertz CT molecular complexity index is 238. The standard InChI is InChI=1S/C17H34N2/c1-17(2,16-6-4-3-5-7-16)14-19-13-10-15-8-11-18-12-9-15/h15-16,18-19H,3-14H2,1-2H3. The third-order valence-electron chi connectivity index (χ3n) is 5.48. The van der Waals surface area contributed by atoms with E-state index in [4.69, 9.17) is 0 Å². The van der Waals surface area contributed by atoms with Gasteiger partial charge in [-0.05, 0) is 69.0 Å². The molecule has 2 nitrogen and oxygen atoms in total. The lowest BCUT2D eigenvalue weighted by atomic mass is 9.71. The molecule has 2 N–H and O–H groups in total. The average Bonchev–Trinajstić information content (AvgIpc) is 2.46. The molecular weight excluding hydrogens is 232 g/mol. The molecule has 112 valence electrons. The Hall–Kier alpha value is -0.0800. The molecule has 2 fully saturated rings. The van der Waals surface area contributed by atoms with Crippen LogP contribution >= 0.6 is 0 Å². The fourth-order valence-corrected chi connectivity index (χ4v) is 3.92. The van der Waals surface area contributed by atoms with Crippen molar-refractivity contribution >= 4 is 0 Å². The van der Waals surface area contributed by atoms with Crippen LogP contribution in [0.3, 0.4) is 0 Å². The van der Waals surface area contributed by atoms with Gasteiger partial charge < -0.3 is 10.6 Å². The molecule has 1 heterocycles. The second-order valence-electron chi connectivity index (χ2n) is 7.48. The molecule has 0 atom stereocenters. The highest BCUT2D eigenvalue weighted by Crippen LogP contribution is 2.37. The summed E-state index contributed by atoms with van der Waals surface area (Å²) in [7, 11) is 0. The SMILES string of the molecule is CC(C)(CNCCC1CCNCC1)C1CCCCC1. The van der Waals surface area contributed by atoms with E-state index in [1.54, 1.807) is 0 Å². The molecule has 0 aromatic carbocycles. The van der Waals surface area contributed by atoms with Gasteiger partial charge in [-0.15, -0.1) is 0 Å². The van der Waals surface area contributed by atoms with Gasteiger partial charge in [0, 0.05) is 6.54 Å².